The molecule has 0 radical (unpaired) electrons. The lowest BCUT2D eigenvalue weighted by Crippen LogP contribution is -2.43. The van der Waals surface area contributed by atoms with Crippen molar-refractivity contribution in [2.45, 2.75) is 32.4 Å². The first-order valence-electron chi connectivity index (χ1n) is 8.46. The highest BCUT2D eigenvalue weighted by Crippen LogP contribution is 2.42. The first-order chi connectivity index (χ1) is 12.0. The van der Waals surface area contributed by atoms with Crippen LogP contribution in [-0.4, -0.2) is 16.9 Å². The highest BCUT2D eigenvalue weighted by Gasteiger charge is 2.33. The van der Waals surface area contributed by atoms with Gasteiger partial charge in [0.05, 0.1) is 6.04 Å². The van der Waals surface area contributed by atoms with E-state index >= 15 is 0 Å². The lowest BCUT2D eigenvalue weighted by molar-refractivity contribution is -0.117. The normalized spacial score (nSPS) is 19.7. The Morgan fingerprint density at radius 2 is 1.96 bits per heavy atom. The van der Waals surface area contributed by atoms with E-state index in [1.54, 1.807) is 6.92 Å². The van der Waals surface area contributed by atoms with E-state index in [-0.39, 0.29) is 18.0 Å². The largest absolute Gasteiger partial charge is 0.378 e. The Labute approximate surface area is 151 Å². The van der Waals surface area contributed by atoms with E-state index in [0.717, 1.165) is 33.7 Å². The minimum Gasteiger partial charge on any atom is -0.378 e. The average molecular weight is 354 g/mol. The number of fused-ring (bicyclic) bond motifs is 3. The summed E-state index contributed by atoms with van der Waals surface area (Å²) in [5, 5.41) is 5.50. The first-order valence-corrected chi connectivity index (χ1v) is 8.84. The maximum Gasteiger partial charge on any atom is 0.224 e. The minimum absolute atomic E-state index is 0.0774. The van der Waals surface area contributed by atoms with Crippen molar-refractivity contribution >= 4 is 39.8 Å². The van der Waals surface area contributed by atoms with Crippen LogP contribution < -0.4 is 10.2 Å². The molecule has 4 nitrogen and oxygen atoms in total. The molecule has 3 aromatic rings. The fourth-order valence-corrected chi connectivity index (χ4v) is 4.01. The van der Waals surface area contributed by atoms with Crippen LogP contribution in [0.5, 0.6) is 0 Å². The summed E-state index contributed by atoms with van der Waals surface area (Å²) in [6, 6.07) is 14.2. The van der Waals surface area contributed by atoms with Crippen molar-refractivity contribution in [3.63, 3.8) is 0 Å². The molecular weight excluding hydrogens is 334 g/mol. The second-order valence-electron chi connectivity index (χ2n) is 6.61. The van der Waals surface area contributed by atoms with Gasteiger partial charge in [-0.15, -0.1) is 0 Å². The van der Waals surface area contributed by atoms with Crippen LogP contribution in [0.25, 0.3) is 10.9 Å². The summed E-state index contributed by atoms with van der Waals surface area (Å²) < 4.78 is 0. The van der Waals surface area contributed by atoms with E-state index in [2.05, 4.69) is 23.3 Å². The van der Waals surface area contributed by atoms with Gasteiger partial charge in [0.25, 0.3) is 0 Å². The minimum atomic E-state index is 0.0774. The van der Waals surface area contributed by atoms with Crippen LogP contribution >= 0.6 is 11.6 Å². The van der Waals surface area contributed by atoms with Crippen LogP contribution in [0.4, 0.5) is 11.4 Å². The molecule has 0 bridgehead atoms. The van der Waals surface area contributed by atoms with E-state index in [9.17, 15) is 4.79 Å². The number of carbonyl (C=O) groups is 1. The van der Waals surface area contributed by atoms with E-state index in [4.69, 9.17) is 11.6 Å². The van der Waals surface area contributed by atoms with Crippen molar-refractivity contribution in [1.29, 1.82) is 0 Å². The van der Waals surface area contributed by atoms with Crippen LogP contribution in [0.1, 0.15) is 31.9 Å². The smallest absolute Gasteiger partial charge is 0.224 e. The zero-order chi connectivity index (χ0) is 17.6. The summed E-state index contributed by atoms with van der Waals surface area (Å²) in [5.74, 6) is 0.0774. The lowest BCUT2D eigenvalue weighted by Gasteiger charge is -2.40. The highest BCUT2D eigenvalue weighted by molar-refractivity contribution is 6.30. The lowest BCUT2D eigenvalue weighted by atomic mass is 9.89. The molecule has 2 heterocycles. The first kappa shape index (κ1) is 16.0. The molecule has 0 saturated heterocycles. The van der Waals surface area contributed by atoms with Gasteiger partial charge in [0.15, 0.2) is 0 Å². The summed E-state index contributed by atoms with van der Waals surface area (Å²) in [5.41, 5.74) is 4.27. The molecule has 2 atom stereocenters. The van der Waals surface area contributed by atoms with E-state index < -0.39 is 0 Å². The van der Waals surface area contributed by atoms with Crippen molar-refractivity contribution in [3.05, 3.63) is 59.2 Å². The number of carbonyl (C=O) groups excluding carboxylic acids is 1. The maximum atomic E-state index is 12.2. The number of rotatable bonds is 2. The Kier molecular flexibility index (Phi) is 3.92. The van der Waals surface area contributed by atoms with Gasteiger partial charge in [0.2, 0.25) is 5.91 Å². The Morgan fingerprint density at radius 1 is 1.20 bits per heavy atom. The molecule has 1 aromatic heterocycles. The number of hydrogen-bond acceptors (Lipinski definition) is 2. The Hall–Kier alpha value is -2.46. The van der Waals surface area contributed by atoms with Gasteiger partial charge in [-0.3, -0.25) is 4.79 Å². The predicted molar refractivity (Wildman–Crippen MR) is 103 cm³/mol. The molecule has 25 heavy (non-hydrogen) atoms. The van der Waals surface area contributed by atoms with Gasteiger partial charge >= 0.3 is 0 Å². The number of aromatic amines is 1. The predicted octanol–water partition coefficient (Wildman–Crippen LogP) is 5.12. The third-order valence-electron chi connectivity index (χ3n) is 4.90. The summed E-state index contributed by atoms with van der Waals surface area (Å²) >= 11 is 6.00. The molecule has 5 heteroatoms. The fourth-order valence-electron chi connectivity index (χ4n) is 3.88. The van der Waals surface area contributed by atoms with Crippen molar-refractivity contribution in [1.82, 2.24) is 4.98 Å². The molecule has 0 aliphatic carbocycles. The van der Waals surface area contributed by atoms with E-state index in [0.29, 0.717) is 0 Å². The molecule has 0 fully saturated rings. The molecule has 1 aliphatic rings. The van der Waals surface area contributed by atoms with Gasteiger partial charge in [-0.1, -0.05) is 11.6 Å². The van der Waals surface area contributed by atoms with Crippen LogP contribution in [0, 0.1) is 0 Å². The van der Waals surface area contributed by atoms with Crippen molar-refractivity contribution in [2.75, 3.05) is 10.2 Å². The van der Waals surface area contributed by atoms with Crippen LogP contribution in [0.2, 0.25) is 5.02 Å². The van der Waals surface area contributed by atoms with Gasteiger partial charge in [0, 0.05) is 52.0 Å². The summed E-state index contributed by atoms with van der Waals surface area (Å²) in [6.07, 6.45) is 2.79. The summed E-state index contributed by atoms with van der Waals surface area (Å²) in [4.78, 5) is 17.4. The number of aromatic nitrogens is 1. The summed E-state index contributed by atoms with van der Waals surface area (Å²) in [7, 11) is 0. The number of nitrogens with zero attached hydrogens (tertiary/aromatic N) is 1. The second-order valence-corrected chi connectivity index (χ2v) is 7.05. The molecular formula is C20H20ClN3O. The number of hydrogen-bond donors (Lipinski definition) is 2. The number of benzene rings is 2. The zero-order valence-electron chi connectivity index (χ0n) is 14.2. The number of nitrogens with one attached hydrogen (secondary N) is 2. The highest BCUT2D eigenvalue weighted by atomic mass is 35.5. The molecule has 0 saturated carbocycles. The van der Waals surface area contributed by atoms with Crippen LogP contribution in [-0.2, 0) is 4.79 Å². The number of anilines is 2. The Morgan fingerprint density at radius 3 is 2.68 bits per heavy atom. The molecule has 4 rings (SSSR count). The van der Waals surface area contributed by atoms with Crippen molar-refractivity contribution < 1.29 is 4.79 Å². The third-order valence-corrected chi connectivity index (χ3v) is 5.15. The molecule has 2 aromatic carbocycles. The van der Waals surface area contributed by atoms with Crippen molar-refractivity contribution in [3.8, 4) is 0 Å². The van der Waals surface area contributed by atoms with Gasteiger partial charge in [-0.2, -0.15) is 0 Å². The molecule has 1 aliphatic heterocycles. The van der Waals surface area contributed by atoms with E-state index in [1.165, 1.54) is 5.56 Å². The maximum absolute atomic E-state index is 12.2. The van der Waals surface area contributed by atoms with Gasteiger partial charge in [-0.05, 0) is 55.8 Å². The molecule has 2 unspecified atom stereocenters. The van der Waals surface area contributed by atoms with E-state index in [1.807, 2.05) is 47.5 Å². The molecule has 1 amide bonds. The number of H-pyrrole nitrogens is 1. The van der Waals surface area contributed by atoms with Crippen LogP contribution in [0.15, 0.2) is 48.7 Å². The quantitative estimate of drug-likeness (QED) is 0.671. The average Bonchev–Trinajstić information content (AvgIpc) is 3.04. The topological polar surface area (TPSA) is 48.1 Å². The SMILES string of the molecule is CC(=O)N1c2ccc3[nH]ccc3c2C(Nc2ccc(Cl)cc2)CC1C. The monoisotopic (exact) mass is 353 g/mol. The number of halogens is 1. The summed E-state index contributed by atoms with van der Waals surface area (Å²) in [6.45, 7) is 3.73. The van der Waals surface area contributed by atoms with Crippen molar-refractivity contribution in [2.24, 2.45) is 0 Å². The molecule has 2 N–H and O–H groups in total. The Bertz CT molecular complexity index is 932. The van der Waals surface area contributed by atoms with Gasteiger partial charge in [0.1, 0.15) is 0 Å². The zero-order valence-corrected chi connectivity index (χ0v) is 15.0. The standard InChI is InChI=1S/C20H20ClN3O/c1-12-11-18(23-15-5-3-14(21)4-6-15)20-16-9-10-22-17(16)7-8-19(20)24(12)13(2)25/h3-10,12,18,22-23H,11H2,1-2H3. The molecule has 0 spiro atoms. The third kappa shape index (κ3) is 2.76. The van der Waals surface area contributed by atoms with Crippen LogP contribution in [0.3, 0.4) is 0 Å². The number of amides is 1. The van der Waals surface area contributed by atoms with Gasteiger partial charge in [-0.25, -0.2) is 0 Å². The second kappa shape index (κ2) is 6.12. The Balaban J connectivity index is 1.83. The fraction of sp³-hybridized carbons (Fsp3) is 0.250. The molecule has 128 valence electrons. The van der Waals surface area contributed by atoms with Gasteiger partial charge < -0.3 is 15.2 Å².